The highest BCUT2D eigenvalue weighted by Crippen LogP contribution is 2.15. The summed E-state index contributed by atoms with van der Waals surface area (Å²) in [4.78, 5) is 4.13. The lowest BCUT2D eigenvalue weighted by Crippen LogP contribution is -2.03. The van der Waals surface area contributed by atoms with E-state index in [9.17, 15) is 0 Å². The molecule has 5 heteroatoms. The van der Waals surface area contributed by atoms with E-state index >= 15 is 0 Å². The maximum atomic E-state index is 4.13. The molecule has 0 radical (unpaired) electrons. The van der Waals surface area contributed by atoms with Gasteiger partial charge in [0, 0.05) is 10.7 Å². The van der Waals surface area contributed by atoms with Gasteiger partial charge in [-0.05, 0) is 28.1 Å². The van der Waals surface area contributed by atoms with Gasteiger partial charge in [0.25, 0.3) is 0 Å². The van der Waals surface area contributed by atoms with Gasteiger partial charge in [0.15, 0.2) is 0 Å². The molecule has 60 valence electrons. The topological polar surface area (TPSA) is 24.9 Å². The van der Waals surface area contributed by atoms with Crippen LogP contribution in [0.2, 0.25) is 0 Å². The van der Waals surface area contributed by atoms with Crippen LogP contribution in [0, 0.1) is 0 Å². The van der Waals surface area contributed by atoms with Crippen LogP contribution in [0.25, 0.3) is 0 Å². The Bertz CT molecular complexity index is 225. The van der Waals surface area contributed by atoms with Gasteiger partial charge in [-0.15, -0.1) is 18.5 Å². The summed E-state index contributed by atoms with van der Waals surface area (Å²) in [5.41, 5.74) is 0.267. The summed E-state index contributed by atoms with van der Waals surface area (Å²) in [5.74, 6) is 0.878. The number of pyridine rings is 1. The Morgan fingerprint density at radius 3 is 2.64 bits per heavy atom. The fourth-order valence-electron chi connectivity index (χ4n) is 0.632. The summed E-state index contributed by atoms with van der Waals surface area (Å²) in [6.45, 7) is 0. The first kappa shape index (κ1) is 9.38. The Balaban J connectivity index is 2.66. The second-order valence-corrected chi connectivity index (χ2v) is 5.15. The molecule has 2 atom stereocenters. The molecule has 0 aromatic carbocycles. The van der Waals surface area contributed by atoms with E-state index in [0.717, 1.165) is 10.3 Å². The molecule has 1 rings (SSSR count). The van der Waals surface area contributed by atoms with Crippen LogP contribution in [0.4, 0.5) is 5.82 Å². The van der Waals surface area contributed by atoms with E-state index in [2.05, 4.69) is 44.7 Å². The van der Waals surface area contributed by atoms with E-state index in [-0.39, 0.29) is 5.52 Å². The minimum atomic E-state index is 0.267. The minimum absolute atomic E-state index is 0.267. The Kier molecular flexibility index (Phi) is 3.71. The fraction of sp³-hybridized carbons (Fsp3) is 0.167. The average molecular weight is 251 g/mol. The second-order valence-electron chi connectivity index (χ2n) is 2.03. The molecule has 1 aromatic heterocycles. The molecule has 11 heavy (non-hydrogen) atoms. The highest BCUT2D eigenvalue weighted by molar-refractivity contribution is 9.10. The third-order valence-corrected chi connectivity index (χ3v) is 1.84. The van der Waals surface area contributed by atoms with Crippen LogP contribution in [0.5, 0.6) is 0 Å². The van der Waals surface area contributed by atoms with Crippen molar-refractivity contribution in [2.75, 3.05) is 5.32 Å². The Morgan fingerprint density at radius 2 is 2.18 bits per heavy atom. The van der Waals surface area contributed by atoms with Crippen LogP contribution in [0.1, 0.15) is 0 Å². The van der Waals surface area contributed by atoms with Crippen LogP contribution in [-0.2, 0) is 0 Å². The van der Waals surface area contributed by atoms with Crippen molar-refractivity contribution < 1.29 is 0 Å². The molecule has 0 aliphatic carbocycles. The van der Waals surface area contributed by atoms with Crippen LogP contribution in [0.15, 0.2) is 22.8 Å². The molecule has 1 aromatic rings. The SMILES string of the molecule is PC(P)Nc1ccc(Br)cn1. The first-order valence-electron chi connectivity index (χ1n) is 3.08. The summed E-state index contributed by atoms with van der Waals surface area (Å²) in [6.07, 6.45) is 1.76. The molecule has 0 aliphatic rings. The third-order valence-electron chi connectivity index (χ3n) is 1.04. The van der Waals surface area contributed by atoms with Crippen LogP contribution in [-0.4, -0.2) is 10.5 Å². The van der Waals surface area contributed by atoms with Crippen molar-refractivity contribution in [1.82, 2.24) is 4.98 Å². The number of halogens is 1. The predicted octanol–water partition coefficient (Wildman–Crippen LogP) is 2.29. The lowest BCUT2D eigenvalue weighted by molar-refractivity contribution is 1.24. The number of nitrogens with one attached hydrogen (secondary N) is 1. The molecule has 2 nitrogen and oxygen atoms in total. The summed E-state index contributed by atoms with van der Waals surface area (Å²) >= 11 is 3.31. The maximum absolute atomic E-state index is 4.13. The monoisotopic (exact) mass is 250 g/mol. The van der Waals surface area contributed by atoms with Crippen LogP contribution >= 0.6 is 34.4 Å². The number of hydrogen-bond acceptors (Lipinski definition) is 2. The van der Waals surface area contributed by atoms with Crippen molar-refractivity contribution in [3.63, 3.8) is 0 Å². The largest absolute Gasteiger partial charge is 0.361 e. The first-order chi connectivity index (χ1) is 5.18. The zero-order valence-corrected chi connectivity index (χ0v) is 9.68. The van der Waals surface area contributed by atoms with E-state index in [1.165, 1.54) is 0 Å². The van der Waals surface area contributed by atoms with Crippen molar-refractivity contribution in [2.24, 2.45) is 0 Å². The molecule has 1 heterocycles. The number of nitrogens with zero attached hydrogens (tertiary/aromatic N) is 1. The maximum Gasteiger partial charge on any atom is 0.126 e. The van der Waals surface area contributed by atoms with E-state index in [1.54, 1.807) is 6.20 Å². The molecular formula is C6H9BrN2P2. The molecule has 0 saturated carbocycles. The first-order valence-corrected chi connectivity index (χ1v) is 5.20. The van der Waals surface area contributed by atoms with Gasteiger partial charge in [-0.1, -0.05) is 0 Å². The second kappa shape index (κ2) is 4.35. The molecular weight excluding hydrogens is 242 g/mol. The third kappa shape index (κ3) is 3.46. The number of aromatic nitrogens is 1. The molecule has 0 fully saturated rings. The van der Waals surface area contributed by atoms with Gasteiger partial charge in [-0.25, -0.2) is 4.98 Å². The van der Waals surface area contributed by atoms with Crippen molar-refractivity contribution >= 4 is 40.2 Å². The molecule has 0 bridgehead atoms. The van der Waals surface area contributed by atoms with Gasteiger partial charge in [-0.3, -0.25) is 0 Å². The quantitative estimate of drug-likeness (QED) is 0.815. The normalized spacial score (nSPS) is 10.2. The lowest BCUT2D eigenvalue weighted by atomic mass is 10.5. The number of anilines is 1. The Morgan fingerprint density at radius 1 is 1.45 bits per heavy atom. The van der Waals surface area contributed by atoms with Crippen molar-refractivity contribution in [2.45, 2.75) is 5.52 Å². The predicted molar refractivity (Wildman–Crippen MR) is 58.8 cm³/mol. The molecule has 2 unspecified atom stereocenters. The zero-order valence-electron chi connectivity index (χ0n) is 5.79. The van der Waals surface area contributed by atoms with Crippen LogP contribution in [0.3, 0.4) is 0 Å². The standard InChI is InChI=1S/C6H9BrN2P2/c7-4-1-2-5(8-3-4)9-6(10)11/h1-3,6H,10-11H2,(H,8,9). The van der Waals surface area contributed by atoms with Crippen LogP contribution < -0.4 is 5.32 Å². The van der Waals surface area contributed by atoms with Gasteiger partial charge in [0.2, 0.25) is 0 Å². The zero-order chi connectivity index (χ0) is 8.27. The van der Waals surface area contributed by atoms with Gasteiger partial charge in [-0.2, -0.15) is 0 Å². The van der Waals surface area contributed by atoms with Gasteiger partial charge in [0.1, 0.15) is 5.82 Å². The van der Waals surface area contributed by atoms with Gasteiger partial charge in [0.05, 0.1) is 5.52 Å². The van der Waals surface area contributed by atoms with E-state index in [1.807, 2.05) is 12.1 Å². The summed E-state index contributed by atoms with van der Waals surface area (Å²) in [5, 5.41) is 3.13. The molecule has 1 N–H and O–H groups in total. The Labute approximate surface area is 79.1 Å². The van der Waals surface area contributed by atoms with Crippen molar-refractivity contribution in [3.8, 4) is 0 Å². The molecule has 0 saturated heterocycles. The van der Waals surface area contributed by atoms with E-state index in [4.69, 9.17) is 0 Å². The van der Waals surface area contributed by atoms with E-state index in [0.29, 0.717) is 0 Å². The van der Waals surface area contributed by atoms with E-state index < -0.39 is 0 Å². The number of rotatable bonds is 2. The summed E-state index contributed by atoms with van der Waals surface area (Å²) in [7, 11) is 5.24. The average Bonchev–Trinajstić information content (AvgIpc) is 1.93. The van der Waals surface area contributed by atoms with Gasteiger partial charge >= 0.3 is 0 Å². The highest BCUT2D eigenvalue weighted by Gasteiger charge is 1.94. The molecule has 0 amide bonds. The molecule has 0 aliphatic heterocycles. The van der Waals surface area contributed by atoms with Crippen molar-refractivity contribution in [1.29, 1.82) is 0 Å². The number of hydrogen-bond donors (Lipinski definition) is 1. The highest BCUT2D eigenvalue weighted by atomic mass is 79.9. The molecule has 0 spiro atoms. The summed E-state index contributed by atoms with van der Waals surface area (Å²) in [6, 6.07) is 3.87. The summed E-state index contributed by atoms with van der Waals surface area (Å²) < 4.78 is 0.993. The van der Waals surface area contributed by atoms with Gasteiger partial charge < -0.3 is 5.32 Å². The smallest absolute Gasteiger partial charge is 0.126 e. The minimum Gasteiger partial charge on any atom is -0.361 e. The Hall–Kier alpha value is 0.290. The fourth-order valence-corrected chi connectivity index (χ4v) is 1.21. The van der Waals surface area contributed by atoms with Crippen molar-refractivity contribution in [3.05, 3.63) is 22.8 Å². The lowest BCUT2D eigenvalue weighted by Gasteiger charge is -2.07.